The zero-order chi connectivity index (χ0) is 20.8. The highest BCUT2D eigenvalue weighted by molar-refractivity contribution is 5.97. The largest absolute Gasteiger partial charge is 0.492 e. The summed E-state index contributed by atoms with van der Waals surface area (Å²) in [5.74, 6) is 1.02. The first kappa shape index (κ1) is 20.9. The zero-order valence-corrected chi connectivity index (χ0v) is 17.6. The standard InChI is InChI=1S/C25H31FN2O2/c26-22-12-10-20(11-13-22)17-27-14-6-7-21(18-27)19-30-24-9-3-2-8-23(24)25(29)28-15-4-1-5-16-28/h2-3,8-13,21H,1,4-7,14-19H2. The second-order valence-electron chi connectivity index (χ2n) is 8.53. The molecule has 160 valence electrons. The first-order valence-electron chi connectivity index (χ1n) is 11.2. The van der Waals surface area contributed by atoms with Crippen LogP contribution in [0.5, 0.6) is 5.75 Å². The Morgan fingerprint density at radius 1 is 0.967 bits per heavy atom. The van der Waals surface area contributed by atoms with Crippen LogP contribution in [0.15, 0.2) is 48.5 Å². The Bertz CT molecular complexity index is 833. The molecule has 4 rings (SSSR count). The van der Waals surface area contributed by atoms with Crippen LogP contribution in [0, 0.1) is 11.7 Å². The zero-order valence-electron chi connectivity index (χ0n) is 17.6. The summed E-state index contributed by atoms with van der Waals surface area (Å²) in [7, 11) is 0. The molecule has 0 aromatic heterocycles. The number of hydrogen-bond donors (Lipinski definition) is 0. The Balaban J connectivity index is 1.34. The molecule has 0 aliphatic carbocycles. The average molecular weight is 411 g/mol. The van der Waals surface area contributed by atoms with Crippen LogP contribution in [0.2, 0.25) is 0 Å². The van der Waals surface area contributed by atoms with Gasteiger partial charge in [-0.3, -0.25) is 9.69 Å². The summed E-state index contributed by atoms with van der Waals surface area (Å²) in [4.78, 5) is 17.3. The number of nitrogens with zero attached hydrogens (tertiary/aromatic N) is 2. The minimum Gasteiger partial charge on any atom is -0.492 e. The number of rotatable bonds is 6. The fraction of sp³-hybridized carbons (Fsp3) is 0.480. The summed E-state index contributed by atoms with van der Waals surface area (Å²) in [5, 5.41) is 0. The van der Waals surface area contributed by atoms with Gasteiger partial charge >= 0.3 is 0 Å². The van der Waals surface area contributed by atoms with Crippen LogP contribution >= 0.6 is 0 Å². The van der Waals surface area contributed by atoms with Gasteiger partial charge in [0.15, 0.2) is 0 Å². The Morgan fingerprint density at radius 2 is 1.73 bits per heavy atom. The molecule has 2 aliphatic heterocycles. The normalized spacial score (nSPS) is 20.2. The maximum absolute atomic E-state index is 13.1. The number of ether oxygens (including phenoxy) is 1. The second kappa shape index (κ2) is 10.1. The number of benzene rings is 2. The van der Waals surface area contributed by atoms with E-state index in [-0.39, 0.29) is 11.7 Å². The van der Waals surface area contributed by atoms with Crippen molar-refractivity contribution >= 4 is 5.91 Å². The predicted molar refractivity (Wildman–Crippen MR) is 116 cm³/mol. The number of likely N-dealkylation sites (tertiary alicyclic amines) is 2. The molecule has 2 fully saturated rings. The van der Waals surface area contributed by atoms with E-state index >= 15 is 0 Å². The third-order valence-electron chi connectivity index (χ3n) is 6.16. The number of carbonyl (C=O) groups is 1. The molecular formula is C25H31FN2O2. The summed E-state index contributed by atoms with van der Waals surface area (Å²) in [6.45, 7) is 5.14. The van der Waals surface area contributed by atoms with Gasteiger partial charge in [-0.15, -0.1) is 0 Å². The highest BCUT2D eigenvalue weighted by Gasteiger charge is 2.24. The highest BCUT2D eigenvalue weighted by atomic mass is 19.1. The van der Waals surface area contributed by atoms with Crippen molar-refractivity contribution in [2.24, 2.45) is 5.92 Å². The van der Waals surface area contributed by atoms with E-state index in [1.165, 1.54) is 18.6 Å². The molecule has 2 saturated heterocycles. The van der Waals surface area contributed by atoms with Gasteiger partial charge in [-0.1, -0.05) is 24.3 Å². The highest BCUT2D eigenvalue weighted by Crippen LogP contribution is 2.25. The molecule has 30 heavy (non-hydrogen) atoms. The maximum atomic E-state index is 13.1. The van der Waals surface area contributed by atoms with Crippen molar-refractivity contribution in [3.8, 4) is 5.75 Å². The van der Waals surface area contributed by atoms with Crippen molar-refractivity contribution in [2.75, 3.05) is 32.8 Å². The molecule has 5 heteroatoms. The fourth-order valence-electron chi connectivity index (χ4n) is 4.52. The van der Waals surface area contributed by atoms with E-state index in [2.05, 4.69) is 4.90 Å². The van der Waals surface area contributed by atoms with Crippen molar-refractivity contribution in [3.05, 3.63) is 65.5 Å². The van der Waals surface area contributed by atoms with Crippen LogP contribution in [0.1, 0.15) is 48.0 Å². The molecule has 0 saturated carbocycles. The molecule has 2 heterocycles. The molecule has 0 radical (unpaired) electrons. The van der Waals surface area contributed by atoms with Crippen LogP contribution < -0.4 is 4.74 Å². The predicted octanol–water partition coefficient (Wildman–Crippen LogP) is 4.74. The van der Waals surface area contributed by atoms with E-state index in [4.69, 9.17) is 4.74 Å². The van der Waals surface area contributed by atoms with Gasteiger partial charge in [0.25, 0.3) is 5.91 Å². The number of piperidine rings is 2. The molecule has 0 N–H and O–H groups in total. The quantitative estimate of drug-likeness (QED) is 0.689. The van der Waals surface area contributed by atoms with E-state index in [0.29, 0.717) is 23.8 Å². The molecule has 4 nitrogen and oxygen atoms in total. The van der Waals surface area contributed by atoms with Crippen molar-refractivity contribution in [3.63, 3.8) is 0 Å². The minimum atomic E-state index is -0.193. The molecule has 0 spiro atoms. The van der Waals surface area contributed by atoms with Gasteiger partial charge in [-0.05, 0) is 68.5 Å². The van der Waals surface area contributed by atoms with Crippen LogP contribution in [-0.4, -0.2) is 48.5 Å². The Labute approximate surface area is 178 Å². The second-order valence-corrected chi connectivity index (χ2v) is 8.53. The number of amides is 1. The summed E-state index contributed by atoms with van der Waals surface area (Å²) >= 11 is 0. The van der Waals surface area contributed by atoms with Crippen LogP contribution in [0.4, 0.5) is 4.39 Å². The van der Waals surface area contributed by atoms with E-state index in [1.54, 1.807) is 0 Å². The number of carbonyl (C=O) groups excluding carboxylic acids is 1. The van der Waals surface area contributed by atoms with E-state index in [0.717, 1.165) is 64.0 Å². The molecule has 2 aromatic rings. The van der Waals surface area contributed by atoms with Crippen LogP contribution in [0.3, 0.4) is 0 Å². The summed E-state index contributed by atoms with van der Waals surface area (Å²) < 4.78 is 19.3. The van der Waals surface area contributed by atoms with Gasteiger partial charge in [-0.25, -0.2) is 4.39 Å². The number of para-hydroxylation sites is 1. The summed E-state index contributed by atoms with van der Waals surface area (Å²) in [6, 6.07) is 14.4. The number of halogens is 1. The van der Waals surface area contributed by atoms with Gasteiger partial charge in [0.2, 0.25) is 0 Å². The lowest BCUT2D eigenvalue weighted by atomic mass is 9.98. The smallest absolute Gasteiger partial charge is 0.257 e. The monoisotopic (exact) mass is 410 g/mol. The molecule has 1 unspecified atom stereocenters. The fourth-order valence-corrected chi connectivity index (χ4v) is 4.52. The Hall–Kier alpha value is -2.40. The van der Waals surface area contributed by atoms with Crippen molar-refractivity contribution in [1.82, 2.24) is 9.80 Å². The molecule has 1 amide bonds. The summed E-state index contributed by atoms with van der Waals surface area (Å²) in [5.41, 5.74) is 1.81. The number of hydrogen-bond acceptors (Lipinski definition) is 3. The van der Waals surface area contributed by atoms with Gasteiger partial charge in [0, 0.05) is 32.1 Å². The maximum Gasteiger partial charge on any atom is 0.257 e. The Morgan fingerprint density at radius 3 is 2.53 bits per heavy atom. The topological polar surface area (TPSA) is 32.8 Å². The van der Waals surface area contributed by atoms with Crippen molar-refractivity contribution < 1.29 is 13.9 Å². The third kappa shape index (κ3) is 5.39. The van der Waals surface area contributed by atoms with Gasteiger partial charge in [0.05, 0.1) is 12.2 Å². The first-order valence-corrected chi connectivity index (χ1v) is 11.2. The molecule has 2 aromatic carbocycles. The third-order valence-corrected chi connectivity index (χ3v) is 6.16. The van der Waals surface area contributed by atoms with E-state index in [9.17, 15) is 9.18 Å². The lowest BCUT2D eigenvalue weighted by molar-refractivity contribution is 0.0716. The van der Waals surface area contributed by atoms with Crippen molar-refractivity contribution in [1.29, 1.82) is 0 Å². The Kier molecular flexibility index (Phi) is 7.00. The molecule has 2 aliphatic rings. The van der Waals surface area contributed by atoms with Crippen molar-refractivity contribution in [2.45, 2.75) is 38.6 Å². The van der Waals surface area contributed by atoms with Gasteiger partial charge in [-0.2, -0.15) is 0 Å². The van der Waals surface area contributed by atoms with Crippen LogP contribution in [0.25, 0.3) is 0 Å². The first-order chi connectivity index (χ1) is 14.7. The van der Waals surface area contributed by atoms with Crippen LogP contribution in [-0.2, 0) is 6.54 Å². The summed E-state index contributed by atoms with van der Waals surface area (Å²) in [6.07, 6.45) is 5.63. The molecular weight excluding hydrogens is 379 g/mol. The lowest BCUT2D eigenvalue weighted by Crippen LogP contribution is -2.37. The molecule has 0 bridgehead atoms. The molecule has 1 atom stereocenters. The average Bonchev–Trinajstić information content (AvgIpc) is 2.80. The minimum absolute atomic E-state index is 0.0897. The van der Waals surface area contributed by atoms with E-state index in [1.807, 2.05) is 41.3 Å². The van der Waals surface area contributed by atoms with Gasteiger partial charge in [0.1, 0.15) is 11.6 Å². The van der Waals surface area contributed by atoms with E-state index < -0.39 is 0 Å². The lowest BCUT2D eigenvalue weighted by Gasteiger charge is -2.33. The van der Waals surface area contributed by atoms with Gasteiger partial charge < -0.3 is 9.64 Å². The SMILES string of the molecule is O=C(c1ccccc1OCC1CCCN(Cc2ccc(F)cc2)C1)N1CCCCC1.